The number of anilines is 2. The van der Waals surface area contributed by atoms with E-state index in [9.17, 15) is 9.59 Å². The maximum atomic E-state index is 15.0. The van der Waals surface area contributed by atoms with Gasteiger partial charge in [0.1, 0.15) is 17.1 Å². The number of halogens is 1. The predicted octanol–water partition coefficient (Wildman–Crippen LogP) is 3.57. The molecule has 0 unspecified atom stereocenters. The Labute approximate surface area is 184 Å². The summed E-state index contributed by atoms with van der Waals surface area (Å²) in [6, 6.07) is 10.1. The lowest BCUT2D eigenvalue weighted by molar-refractivity contribution is 0.102. The maximum absolute atomic E-state index is 15.0. The Hall–Kier alpha value is -3.39. The standard InChI is InChI=1S/C24H24FN3O4/c1-31-17-6-2-15(3-7-17)26-24(30)19-14-28(16-4-5-16)21-13-22(27-8-10-32-11-9-27)20(25)12-18(21)23(19)29/h2-3,6-7,12-14,16H,4-5,8-11H2,1H3,(H,26,30). The lowest BCUT2D eigenvalue weighted by Gasteiger charge is -2.29. The van der Waals surface area contributed by atoms with E-state index < -0.39 is 17.2 Å². The molecular weight excluding hydrogens is 413 g/mol. The Balaban J connectivity index is 1.56. The summed E-state index contributed by atoms with van der Waals surface area (Å²) >= 11 is 0. The smallest absolute Gasteiger partial charge is 0.261 e. The van der Waals surface area contributed by atoms with Gasteiger partial charge in [-0.05, 0) is 49.2 Å². The number of morpholine rings is 1. The largest absolute Gasteiger partial charge is 0.497 e. The summed E-state index contributed by atoms with van der Waals surface area (Å²) in [4.78, 5) is 28.1. The summed E-state index contributed by atoms with van der Waals surface area (Å²) < 4.78 is 27.5. The molecule has 8 heteroatoms. The molecule has 1 aliphatic carbocycles. The molecule has 1 amide bonds. The number of hydrogen-bond acceptors (Lipinski definition) is 5. The number of nitrogens with zero attached hydrogens (tertiary/aromatic N) is 2. The molecule has 0 bridgehead atoms. The molecule has 1 N–H and O–H groups in total. The number of fused-ring (bicyclic) bond motifs is 1. The van der Waals surface area contributed by atoms with Gasteiger partial charge >= 0.3 is 0 Å². The Morgan fingerprint density at radius 2 is 1.88 bits per heavy atom. The van der Waals surface area contributed by atoms with Crippen LogP contribution in [0.2, 0.25) is 0 Å². The maximum Gasteiger partial charge on any atom is 0.261 e. The minimum Gasteiger partial charge on any atom is -0.497 e. The number of hydrogen-bond donors (Lipinski definition) is 1. The third kappa shape index (κ3) is 3.82. The molecule has 0 atom stereocenters. The van der Waals surface area contributed by atoms with Gasteiger partial charge in [0.25, 0.3) is 5.91 Å². The van der Waals surface area contributed by atoms with Gasteiger partial charge in [-0.15, -0.1) is 0 Å². The number of carbonyl (C=O) groups excluding carboxylic acids is 1. The zero-order chi connectivity index (χ0) is 22.2. The average molecular weight is 437 g/mol. The molecule has 0 spiro atoms. The number of nitrogens with one attached hydrogen (secondary N) is 1. The fraction of sp³-hybridized carbons (Fsp3) is 0.333. The fourth-order valence-corrected chi connectivity index (χ4v) is 4.09. The van der Waals surface area contributed by atoms with Crippen LogP contribution in [0, 0.1) is 5.82 Å². The lowest BCUT2D eigenvalue weighted by atomic mass is 10.1. The number of pyridine rings is 1. The molecule has 1 aromatic heterocycles. The van der Waals surface area contributed by atoms with Crippen LogP contribution >= 0.6 is 0 Å². The van der Waals surface area contributed by atoms with Crippen molar-refractivity contribution in [3.8, 4) is 5.75 Å². The van der Waals surface area contributed by atoms with Gasteiger partial charge in [-0.2, -0.15) is 0 Å². The molecule has 1 aliphatic heterocycles. The van der Waals surface area contributed by atoms with Gasteiger partial charge in [-0.1, -0.05) is 0 Å². The summed E-state index contributed by atoms with van der Waals surface area (Å²) in [6.07, 6.45) is 3.53. The number of rotatable bonds is 5. The van der Waals surface area contributed by atoms with Gasteiger partial charge in [-0.25, -0.2) is 4.39 Å². The van der Waals surface area contributed by atoms with E-state index in [1.807, 2.05) is 9.47 Å². The monoisotopic (exact) mass is 437 g/mol. The van der Waals surface area contributed by atoms with Crippen molar-refractivity contribution in [1.82, 2.24) is 4.57 Å². The van der Waals surface area contributed by atoms with Gasteiger partial charge < -0.3 is 24.3 Å². The second-order valence-corrected chi connectivity index (χ2v) is 8.11. The summed E-state index contributed by atoms with van der Waals surface area (Å²) in [5.74, 6) is -0.322. The summed E-state index contributed by atoms with van der Waals surface area (Å²) in [5.41, 5.74) is 1.18. The minimum atomic E-state index is -0.519. The highest BCUT2D eigenvalue weighted by molar-refractivity contribution is 6.06. The fourth-order valence-electron chi connectivity index (χ4n) is 4.09. The minimum absolute atomic E-state index is 0.00117. The van der Waals surface area contributed by atoms with Crippen molar-refractivity contribution in [2.45, 2.75) is 18.9 Å². The average Bonchev–Trinajstić information content (AvgIpc) is 3.66. The Kier molecular flexibility index (Phi) is 5.30. The molecule has 0 radical (unpaired) electrons. The molecule has 166 valence electrons. The molecule has 2 aliphatic rings. The topological polar surface area (TPSA) is 72.8 Å². The third-order valence-electron chi connectivity index (χ3n) is 5.99. The Morgan fingerprint density at radius 3 is 2.53 bits per heavy atom. The highest BCUT2D eigenvalue weighted by Gasteiger charge is 2.28. The number of amides is 1. The number of ether oxygens (including phenoxy) is 2. The first kappa shape index (κ1) is 20.5. The van der Waals surface area contributed by atoms with E-state index in [1.165, 1.54) is 6.07 Å². The first-order chi connectivity index (χ1) is 15.5. The second-order valence-electron chi connectivity index (χ2n) is 8.11. The predicted molar refractivity (Wildman–Crippen MR) is 120 cm³/mol. The van der Waals surface area contributed by atoms with Gasteiger partial charge in [0, 0.05) is 36.4 Å². The molecule has 2 fully saturated rings. The summed E-state index contributed by atoms with van der Waals surface area (Å²) in [5, 5.41) is 2.97. The summed E-state index contributed by atoms with van der Waals surface area (Å²) in [7, 11) is 1.56. The van der Waals surface area contributed by atoms with Gasteiger partial charge in [0.05, 0.1) is 31.5 Å². The lowest BCUT2D eigenvalue weighted by Crippen LogP contribution is -2.36. The molecule has 2 heterocycles. The molecule has 1 saturated heterocycles. The van der Waals surface area contributed by atoms with Crippen LogP contribution in [0.15, 0.2) is 47.4 Å². The Bertz CT molecular complexity index is 1230. The van der Waals surface area contributed by atoms with Crippen LogP contribution in [0.3, 0.4) is 0 Å². The number of carbonyl (C=O) groups is 1. The van der Waals surface area contributed by atoms with Gasteiger partial charge in [0.15, 0.2) is 0 Å². The second kappa shape index (κ2) is 8.27. The third-order valence-corrected chi connectivity index (χ3v) is 5.99. The Morgan fingerprint density at radius 1 is 1.16 bits per heavy atom. The van der Waals surface area contributed by atoms with E-state index in [1.54, 1.807) is 43.6 Å². The van der Waals surface area contributed by atoms with E-state index in [4.69, 9.17) is 9.47 Å². The highest BCUT2D eigenvalue weighted by atomic mass is 19.1. The van der Waals surface area contributed by atoms with E-state index >= 15 is 4.39 Å². The molecule has 2 aromatic carbocycles. The van der Waals surface area contributed by atoms with Gasteiger partial charge in [0.2, 0.25) is 5.43 Å². The number of aromatic nitrogens is 1. The quantitative estimate of drug-likeness (QED) is 0.661. The van der Waals surface area contributed by atoms with Crippen LogP contribution in [0.4, 0.5) is 15.8 Å². The molecule has 7 nitrogen and oxygen atoms in total. The molecule has 32 heavy (non-hydrogen) atoms. The zero-order valence-corrected chi connectivity index (χ0v) is 17.8. The molecule has 5 rings (SSSR count). The summed E-state index contributed by atoms with van der Waals surface area (Å²) in [6.45, 7) is 2.27. The van der Waals surface area contributed by atoms with Crippen LogP contribution < -0.4 is 20.4 Å². The molecular formula is C24H24FN3O4. The van der Waals surface area contributed by atoms with Crippen LogP contribution in [-0.4, -0.2) is 43.9 Å². The number of methoxy groups -OCH3 is 1. The van der Waals surface area contributed by atoms with Crippen molar-refractivity contribution < 1.29 is 18.7 Å². The first-order valence-corrected chi connectivity index (χ1v) is 10.7. The van der Waals surface area contributed by atoms with Crippen molar-refractivity contribution in [2.75, 3.05) is 43.6 Å². The van der Waals surface area contributed by atoms with Crippen LogP contribution in [0.25, 0.3) is 10.9 Å². The van der Waals surface area contributed by atoms with Crippen LogP contribution in [0.1, 0.15) is 29.2 Å². The van der Waals surface area contributed by atoms with E-state index in [0.717, 1.165) is 12.8 Å². The van der Waals surface area contributed by atoms with Crippen LogP contribution in [0.5, 0.6) is 5.75 Å². The van der Waals surface area contributed by atoms with Crippen molar-refractivity contribution >= 4 is 28.2 Å². The van der Waals surface area contributed by atoms with Crippen molar-refractivity contribution in [3.05, 3.63) is 64.2 Å². The van der Waals surface area contributed by atoms with E-state index in [2.05, 4.69) is 5.32 Å². The van der Waals surface area contributed by atoms with Crippen molar-refractivity contribution in [1.29, 1.82) is 0 Å². The molecule has 1 saturated carbocycles. The zero-order valence-electron chi connectivity index (χ0n) is 17.8. The molecule has 3 aromatic rings. The van der Waals surface area contributed by atoms with Crippen molar-refractivity contribution in [2.24, 2.45) is 0 Å². The SMILES string of the molecule is COc1ccc(NC(=O)c2cn(C3CC3)c3cc(N4CCOCC4)c(F)cc3c2=O)cc1. The normalized spacial score (nSPS) is 16.2. The van der Waals surface area contributed by atoms with Crippen LogP contribution in [-0.2, 0) is 4.74 Å². The number of benzene rings is 2. The van der Waals surface area contributed by atoms with E-state index in [-0.39, 0.29) is 17.0 Å². The van der Waals surface area contributed by atoms with Crippen molar-refractivity contribution in [3.63, 3.8) is 0 Å². The van der Waals surface area contributed by atoms with Gasteiger partial charge in [-0.3, -0.25) is 9.59 Å². The first-order valence-electron chi connectivity index (χ1n) is 10.7. The van der Waals surface area contributed by atoms with E-state index in [0.29, 0.717) is 48.9 Å². The highest BCUT2D eigenvalue weighted by Crippen LogP contribution is 2.38.